The third-order valence-corrected chi connectivity index (χ3v) is 3.27. The Morgan fingerprint density at radius 1 is 1.47 bits per heavy atom. The molecule has 0 radical (unpaired) electrons. The SMILES string of the molecule is CCC1CCCCN1CCCC(=O)OC. The smallest absolute Gasteiger partial charge is 0.305 e. The van der Waals surface area contributed by atoms with Gasteiger partial charge in [-0.15, -0.1) is 0 Å². The Hall–Kier alpha value is -0.570. The van der Waals surface area contributed by atoms with Crippen LogP contribution in [0, 0.1) is 0 Å². The number of hydrogen-bond acceptors (Lipinski definition) is 3. The van der Waals surface area contributed by atoms with E-state index >= 15 is 0 Å². The van der Waals surface area contributed by atoms with Crippen molar-refractivity contribution < 1.29 is 9.53 Å². The summed E-state index contributed by atoms with van der Waals surface area (Å²) >= 11 is 0. The van der Waals surface area contributed by atoms with Crippen molar-refractivity contribution in [1.82, 2.24) is 4.90 Å². The van der Waals surface area contributed by atoms with Crippen LogP contribution < -0.4 is 0 Å². The van der Waals surface area contributed by atoms with Crippen LogP contribution in [0.4, 0.5) is 0 Å². The van der Waals surface area contributed by atoms with Gasteiger partial charge in [-0.25, -0.2) is 0 Å². The fourth-order valence-electron chi connectivity index (χ4n) is 2.35. The lowest BCUT2D eigenvalue weighted by Gasteiger charge is -2.35. The maximum absolute atomic E-state index is 11.0. The molecule has 0 aromatic rings. The summed E-state index contributed by atoms with van der Waals surface area (Å²) in [5.74, 6) is -0.0833. The van der Waals surface area contributed by atoms with Crippen molar-refractivity contribution in [2.24, 2.45) is 0 Å². The van der Waals surface area contributed by atoms with Crippen LogP contribution in [0.2, 0.25) is 0 Å². The van der Waals surface area contributed by atoms with Gasteiger partial charge in [-0.05, 0) is 38.8 Å². The lowest BCUT2D eigenvalue weighted by molar-refractivity contribution is -0.140. The summed E-state index contributed by atoms with van der Waals surface area (Å²) in [6.07, 6.45) is 6.74. The molecule has 1 aliphatic heterocycles. The number of nitrogens with zero attached hydrogens (tertiary/aromatic N) is 1. The molecule has 1 unspecified atom stereocenters. The Labute approximate surface area is 92.8 Å². The first-order chi connectivity index (χ1) is 7.27. The van der Waals surface area contributed by atoms with Crippen LogP contribution in [0.3, 0.4) is 0 Å². The molecule has 0 bridgehead atoms. The van der Waals surface area contributed by atoms with E-state index in [2.05, 4.69) is 16.6 Å². The van der Waals surface area contributed by atoms with Crippen molar-refractivity contribution in [2.75, 3.05) is 20.2 Å². The number of carbonyl (C=O) groups is 1. The third-order valence-electron chi connectivity index (χ3n) is 3.27. The van der Waals surface area contributed by atoms with Gasteiger partial charge in [-0.2, -0.15) is 0 Å². The zero-order valence-electron chi connectivity index (χ0n) is 10.00. The summed E-state index contributed by atoms with van der Waals surface area (Å²) < 4.78 is 4.64. The molecule has 1 aliphatic rings. The minimum atomic E-state index is -0.0833. The van der Waals surface area contributed by atoms with Crippen molar-refractivity contribution in [1.29, 1.82) is 0 Å². The number of esters is 1. The van der Waals surface area contributed by atoms with Crippen LogP contribution in [0.15, 0.2) is 0 Å². The maximum Gasteiger partial charge on any atom is 0.305 e. The highest BCUT2D eigenvalue weighted by atomic mass is 16.5. The molecule has 15 heavy (non-hydrogen) atoms. The van der Waals surface area contributed by atoms with E-state index in [-0.39, 0.29) is 5.97 Å². The maximum atomic E-state index is 11.0. The Morgan fingerprint density at radius 3 is 2.93 bits per heavy atom. The van der Waals surface area contributed by atoms with E-state index in [1.807, 2.05) is 0 Å². The van der Waals surface area contributed by atoms with Crippen LogP contribution in [-0.2, 0) is 9.53 Å². The molecule has 0 spiro atoms. The zero-order valence-corrected chi connectivity index (χ0v) is 10.00. The second-order valence-corrected chi connectivity index (χ2v) is 4.27. The molecule has 88 valence electrons. The third kappa shape index (κ3) is 4.20. The Bertz CT molecular complexity index is 194. The van der Waals surface area contributed by atoms with Crippen molar-refractivity contribution in [3.8, 4) is 0 Å². The Morgan fingerprint density at radius 2 is 2.27 bits per heavy atom. The van der Waals surface area contributed by atoms with E-state index in [1.54, 1.807) is 0 Å². The minimum absolute atomic E-state index is 0.0833. The van der Waals surface area contributed by atoms with E-state index in [9.17, 15) is 4.79 Å². The Balaban J connectivity index is 2.20. The molecule has 1 saturated heterocycles. The Kier molecular flexibility index (Phi) is 5.69. The minimum Gasteiger partial charge on any atom is -0.469 e. The topological polar surface area (TPSA) is 29.5 Å². The van der Waals surface area contributed by atoms with Crippen LogP contribution in [-0.4, -0.2) is 37.1 Å². The molecule has 1 heterocycles. The van der Waals surface area contributed by atoms with E-state index in [1.165, 1.54) is 39.3 Å². The van der Waals surface area contributed by atoms with Gasteiger partial charge >= 0.3 is 5.97 Å². The molecule has 0 amide bonds. The molecule has 3 nitrogen and oxygen atoms in total. The molecule has 1 rings (SSSR count). The summed E-state index contributed by atoms with van der Waals surface area (Å²) in [6, 6.07) is 0.747. The summed E-state index contributed by atoms with van der Waals surface area (Å²) in [4.78, 5) is 13.5. The molecule has 0 aliphatic carbocycles. The predicted octanol–water partition coefficient (Wildman–Crippen LogP) is 2.20. The normalized spacial score (nSPS) is 22.7. The lowest BCUT2D eigenvalue weighted by Crippen LogP contribution is -2.39. The lowest BCUT2D eigenvalue weighted by atomic mass is 10.00. The van der Waals surface area contributed by atoms with Gasteiger partial charge in [0.1, 0.15) is 0 Å². The monoisotopic (exact) mass is 213 g/mol. The fourth-order valence-corrected chi connectivity index (χ4v) is 2.35. The number of likely N-dealkylation sites (tertiary alicyclic amines) is 1. The van der Waals surface area contributed by atoms with Gasteiger partial charge in [0.05, 0.1) is 7.11 Å². The predicted molar refractivity (Wildman–Crippen MR) is 60.8 cm³/mol. The molecular weight excluding hydrogens is 190 g/mol. The first kappa shape index (κ1) is 12.5. The number of hydrogen-bond donors (Lipinski definition) is 0. The van der Waals surface area contributed by atoms with Gasteiger partial charge in [0.25, 0.3) is 0 Å². The second-order valence-electron chi connectivity index (χ2n) is 4.27. The van der Waals surface area contributed by atoms with Gasteiger partial charge in [-0.1, -0.05) is 13.3 Å². The highest BCUT2D eigenvalue weighted by molar-refractivity contribution is 5.69. The van der Waals surface area contributed by atoms with E-state index < -0.39 is 0 Å². The van der Waals surface area contributed by atoms with Crippen molar-refractivity contribution in [3.05, 3.63) is 0 Å². The molecular formula is C12H23NO2. The van der Waals surface area contributed by atoms with Crippen molar-refractivity contribution in [3.63, 3.8) is 0 Å². The number of piperidine rings is 1. The first-order valence-electron chi connectivity index (χ1n) is 6.08. The van der Waals surface area contributed by atoms with Crippen LogP contribution in [0.5, 0.6) is 0 Å². The molecule has 1 atom stereocenters. The van der Waals surface area contributed by atoms with Crippen molar-refractivity contribution in [2.45, 2.75) is 51.5 Å². The van der Waals surface area contributed by atoms with E-state index in [0.29, 0.717) is 6.42 Å². The molecule has 0 N–H and O–H groups in total. The molecule has 0 aromatic carbocycles. The highest BCUT2D eigenvalue weighted by Crippen LogP contribution is 2.19. The van der Waals surface area contributed by atoms with Crippen LogP contribution in [0.1, 0.15) is 45.4 Å². The molecule has 3 heteroatoms. The number of rotatable bonds is 5. The summed E-state index contributed by atoms with van der Waals surface area (Å²) in [5.41, 5.74) is 0. The largest absolute Gasteiger partial charge is 0.469 e. The van der Waals surface area contributed by atoms with Gasteiger partial charge in [0, 0.05) is 12.5 Å². The van der Waals surface area contributed by atoms with E-state index in [0.717, 1.165) is 19.0 Å². The number of methoxy groups -OCH3 is 1. The first-order valence-corrected chi connectivity index (χ1v) is 6.08. The average Bonchev–Trinajstić information content (AvgIpc) is 2.29. The summed E-state index contributed by atoms with van der Waals surface area (Å²) in [7, 11) is 1.46. The van der Waals surface area contributed by atoms with Gasteiger partial charge < -0.3 is 9.64 Å². The fraction of sp³-hybridized carbons (Fsp3) is 0.917. The van der Waals surface area contributed by atoms with Crippen molar-refractivity contribution >= 4 is 5.97 Å². The molecule has 0 saturated carbocycles. The number of ether oxygens (including phenoxy) is 1. The standard InChI is InChI=1S/C12H23NO2/c1-3-11-7-4-5-9-13(11)10-6-8-12(14)15-2/h11H,3-10H2,1-2H3. The van der Waals surface area contributed by atoms with Crippen LogP contribution in [0.25, 0.3) is 0 Å². The zero-order chi connectivity index (χ0) is 11.1. The summed E-state index contributed by atoms with van der Waals surface area (Å²) in [6.45, 7) is 4.51. The van der Waals surface area contributed by atoms with Gasteiger partial charge in [0.15, 0.2) is 0 Å². The quantitative estimate of drug-likeness (QED) is 0.656. The van der Waals surface area contributed by atoms with E-state index in [4.69, 9.17) is 0 Å². The average molecular weight is 213 g/mol. The summed E-state index contributed by atoms with van der Waals surface area (Å²) in [5, 5.41) is 0. The van der Waals surface area contributed by atoms with Gasteiger partial charge in [-0.3, -0.25) is 4.79 Å². The molecule has 1 fully saturated rings. The second kappa shape index (κ2) is 6.83. The van der Waals surface area contributed by atoms with Gasteiger partial charge in [0.2, 0.25) is 0 Å². The van der Waals surface area contributed by atoms with Crippen LogP contribution >= 0.6 is 0 Å². The highest BCUT2D eigenvalue weighted by Gasteiger charge is 2.20. The number of carbonyl (C=O) groups excluding carboxylic acids is 1. The molecule has 0 aromatic heterocycles.